The van der Waals surface area contributed by atoms with E-state index < -0.39 is 23.1 Å². The fourth-order valence-corrected chi connectivity index (χ4v) is 2.27. The van der Waals surface area contributed by atoms with E-state index in [2.05, 4.69) is 4.74 Å². The summed E-state index contributed by atoms with van der Waals surface area (Å²) in [4.78, 5) is 25.2. The second-order valence-electron chi connectivity index (χ2n) is 6.45. The maximum atomic E-state index is 13.3. The van der Waals surface area contributed by atoms with Gasteiger partial charge in [0.25, 0.3) is 0 Å². The van der Waals surface area contributed by atoms with Crippen molar-refractivity contribution in [1.29, 1.82) is 0 Å². The highest BCUT2D eigenvalue weighted by Crippen LogP contribution is 2.29. The van der Waals surface area contributed by atoms with Crippen molar-refractivity contribution < 1.29 is 23.1 Å². The molecule has 0 bridgehead atoms. The van der Waals surface area contributed by atoms with Gasteiger partial charge in [0.1, 0.15) is 0 Å². The smallest absolute Gasteiger partial charge is 0.306 e. The Morgan fingerprint density at radius 1 is 1.22 bits per heavy atom. The lowest BCUT2D eigenvalue weighted by Gasteiger charge is -2.30. The van der Waals surface area contributed by atoms with Gasteiger partial charge in [0.2, 0.25) is 5.91 Å². The molecule has 0 aliphatic carbocycles. The van der Waals surface area contributed by atoms with Crippen molar-refractivity contribution in [3.05, 3.63) is 35.4 Å². The summed E-state index contributed by atoms with van der Waals surface area (Å²) < 4.78 is 31.0. The van der Waals surface area contributed by atoms with Crippen molar-refractivity contribution in [3.63, 3.8) is 0 Å². The first kappa shape index (κ1) is 19.1. The Morgan fingerprint density at radius 3 is 2.35 bits per heavy atom. The molecule has 0 aromatic heterocycles. The summed E-state index contributed by atoms with van der Waals surface area (Å²) in [7, 11) is 2.90. The molecule has 0 N–H and O–H groups in total. The van der Waals surface area contributed by atoms with Crippen LogP contribution in [0.5, 0.6) is 0 Å². The number of carbonyl (C=O) groups is 2. The number of amides is 1. The van der Waals surface area contributed by atoms with E-state index in [4.69, 9.17) is 0 Å². The fraction of sp³-hybridized carbons (Fsp3) is 0.529. The van der Waals surface area contributed by atoms with Gasteiger partial charge in [-0.05, 0) is 30.0 Å². The molecular formula is C17H23F2NO3. The Labute approximate surface area is 135 Å². The number of rotatable bonds is 6. The zero-order valence-electron chi connectivity index (χ0n) is 14.2. The zero-order valence-corrected chi connectivity index (χ0v) is 14.2. The standard InChI is InChI=1S/C17H23F2NO3/c1-11(12-6-7-13(18)14(19)8-12)20(4)15(21)9-17(2,3)10-16(22)23-5/h6-8,11H,9-10H2,1-5H3/t11-/m1/s1. The summed E-state index contributed by atoms with van der Waals surface area (Å²) in [6, 6.07) is 3.17. The van der Waals surface area contributed by atoms with E-state index in [0.29, 0.717) is 5.56 Å². The molecule has 128 valence electrons. The quantitative estimate of drug-likeness (QED) is 0.752. The first-order chi connectivity index (χ1) is 10.6. The highest BCUT2D eigenvalue weighted by molar-refractivity contribution is 5.78. The van der Waals surface area contributed by atoms with Crippen LogP contribution in [0.25, 0.3) is 0 Å². The van der Waals surface area contributed by atoms with Gasteiger partial charge in [-0.3, -0.25) is 9.59 Å². The van der Waals surface area contributed by atoms with Crippen LogP contribution in [0.1, 0.15) is 45.2 Å². The Kier molecular flexibility index (Phi) is 6.24. The van der Waals surface area contributed by atoms with E-state index in [0.717, 1.165) is 12.1 Å². The molecule has 1 atom stereocenters. The molecule has 1 rings (SSSR count). The number of carbonyl (C=O) groups excluding carboxylic acids is 2. The molecule has 1 amide bonds. The second-order valence-corrected chi connectivity index (χ2v) is 6.45. The third-order valence-electron chi connectivity index (χ3n) is 3.88. The highest BCUT2D eigenvalue weighted by Gasteiger charge is 2.29. The molecule has 23 heavy (non-hydrogen) atoms. The summed E-state index contributed by atoms with van der Waals surface area (Å²) in [5.74, 6) is -2.43. The maximum Gasteiger partial charge on any atom is 0.306 e. The van der Waals surface area contributed by atoms with E-state index in [9.17, 15) is 18.4 Å². The molecule has 4 nitrogen and oxygen atoms in total. The third kappa shape index (κ3) is 5.30. The number of benzene rings is 1. The maximum absolute atomic E-state index is 13.3. The van der Waals surface area contributed by atoms with Gasteiger partial charge in [0.05, 0.1) is 19.6 Å². The number of methoxy groups -OCH3 is 1. The van der Waals surface area contributed by atoms with Crippen LogP contribution in [0.4, 0.5) is 8.78 Å². The molecule has 0 saturated heterocycles. The number of esters is 1. The van der Waals surface area contributed by atoms with Crippen LogP contribution in [0.3, 0.4) is 0 Å². The summed E-state index contributed by atoms with van der Waals surface area (Å²) in [6.07, 6.45) is 0.273. The molecule has 6 heteroatoms. The van der Waals surface area contributed by atoms with Crippen LogP contribution in [0, 0.1) is 17.0 Å². The molecule has 0 fully saturated rings. The van der Waals surface area contributed by atoms with E-state index >= 15 is 0 Å². The van der Waals surface area contributed by atoms with Crippen molar-refractivity contribution >= 4 is 11.9 Å². The minimum atomic E-state index is -0.943. The molecule has 0 heterocycles. The van der Waals surface area contributed by atoms with E-state index in [1.54, 1.807) is 27.8 Å². The van der Waals surface area contributed by atoms with Gasteiger partial charge in [0, 0.05) is 13.5 Å². The van der Waals surface area contributed by atoms with Crippen LogP contribution in [-0.4, -0.2) is 30.9 Å². The fourth-order valence-electron chi connectivity index (χ4n) is 2.27. The topological polar surface area (TPSA) is 46.6 Å². The lowest BCUT2D eigenvalue weighted by Crippen LogP contribution is -2.34. The predicted molar refractivity (Wildman–Crippen MR) is 82.6 cm³/mol. The summed E-state index contributed by atoms with van der Waals surface area (Å²) in [5, 5.41) is 0. The second kappa shape index (κ2) is 7.53. The highest BCUT2D eigenvalue weighted by atomic mass is 19.2. The Bertz CT molecular complexity index is 587. The molecular weight excluding hydrogens is 304 g/mol. The van der Waals surface area contributed by atoms with Gasteiger partial charge in [-0.2, -0.15) is 0 Å². The van der Waals surface area contributed by atoms with Crippen LogP contribution in [0.15, 0.2) is 18.2 Å². The molecule has 1 aromatic carbocycles. The number of halogens is 2. The van der Waals surface area contributed by atoms with E-state index in [1.165, 1.54) is 18.1 Å². The first-order valence-electron chi connectivity index (χ1n) is 7.35. The van der Waals surface area contributed by atoms with Gasteiger partial charge >= 0.3 is 5.97 Å². The van der Waals surface area contributed by atoms with Gasteiger partial charge in [-0.25, -0.2) is 8.78 Å². The number of ether oxygens (including phenoxy) is 1. The lowest BCUT2D eigenvalue weighted by atomic mass is 9.85. The van der Waals surface area contributed by atoms with Crippen LogP contribution >= 0.6 is 0 Å². The monoisotopic (exact) mass is 327 g/mol. The summed E-state index contributed by atoms with van der Waals surface area (Å²) in [5.41, 5.74) is -0.0443. The van der Waals surface area contributed by atoms with Crippen molar-refractivity contribution in [2.24, 2.45) is 5.41 Å². The Morgan fingerprint density at radius 2 is 1.83 bits per heavy atom. The van der Waals surface area contributed by atoms with E-state index in [1.807, 2.05) is 0 Å². The normalized spacial score (nSPS) is 12.7. The molecule has 0 radical (unpaired) electrons. The van der Waals surface area contributed by atoms with Gasteiger partial charge in [-0.1, -0.05) is 19.9 Å². The van der Waals surface area contributed by atoms with E-state index in [-0.39, 0.29) is 24.7 Å². The van der Waals surface area contributed by atoms with Crippen molar-refractivity contribution in [1.82, 2.24) is 4.90 Å². The van der Waals surface area contributed by atoms with Crippen molar-refractivity contribution in [2.45, 2.75) is 39.7 Å². The predicted octanol–water partition coefficient (Wildman–Crippen LogP) is 3.46. The largest absolute Gasteiger partial charge is 0.469 e. The van der Waals surface area contributed by atoms with Gasteiger partial charge in [0.15, 0.2) is 11.6 Å². The SMILES string of the molecule is COC(=O)CC(C)(C)CC(=O)N(C)[C@H](C)c1ccc(F)c(F)c1. The molecule has 0 saturated carbocycles. The van der Waals surface area contributed by atoms with Crippen molar-refractivity contribution in [2.75, 3.05) is 14.2 Å². The molecule has 0 aliphatic rings. The average Bonchev–Trinajstić information content (AvgIpc) is 2.47. The Balaban J connectivity index is 2.78. The summed E-state index contributed by atoms with van der Waals surface area (Å²) >= 11 is 0. The summed E-state index contributed by atoms with van der Waals surface area (Å²) in [6.45, 7) is 5.34. The minimum Gasteiger partial charge on any atom is -0.469 e. The zero-order chi connectivity index (χ0) is 17.8. The number of nitrogens with zero attached hydrogens (tertiary/aromatic N) is 1. The minimum absolute atomic E-state index is 0.128. The number of hydrogen-bond acceptors (Lipinski definition) is 3. The van der Waals surface area contributed by atoms with Crippen molar-refractivity contribution in [3.8, 4) is 0 Å². The molecule has 1 aromatic rings. The number of hydrogen-bond donors (Lipinski definition) is 0. The van der Waals surface area contributed by atoms with Crippen LogP contribution in [0.2, 0.25) is 0 Å². The average molecular weight is 327 g/mol. The first-order valence-corrected chi connectivity index (χ1v) is 7.35. The molecule has 0 unspecified atom stereocenters. The molecule has 0 aliphatic heterocycles. The van der Waals surface area contributed by atoms with Gasteiger partial charge in [-0.15, -0.1) is 0 Å². The molecule has 0 spiro atoms. The Hall–Kier alpha value is -1.98. The van der Waals surface area contributed by atoms with Crippen LogP contribution < -0.4 is 0 Å². The lowest BCUT2D eigenvalue weighted by molar-refractivity contribution is -0.144. The van der Waals surface area contributed by atoms with Crippen LogP contribution in [-0.2, 0) is 14.3 Å². The van der Waals surface area contributed by atoms with Gasteiger partial charge < -0.3 is 9.64 Å². The third-order valence-corrected chi connectivity index (χ3v) is 3.88.